The van der Waals surface area contributed by atoms with Crippen LogP contribution < -0.4 is 5.73 Å². The molecule has 6 heteroatoms. The Morgan fingerprint density at radius 3 is 2.53 bits per heavy atom. The SMILES string of the molecule is CCN(CC)Cc1ccc(Cn2c(SC)nc3c(N)nc4ccccc4c32)cc1C. The van der Waals surface area contributed by atoms with E-state index in [9.17, 15) is 0 Å². The average molecular weight is 420 g/mol. The van der Waals surface area contributed by atoms with Crippen molar-refractivity contribution in [2.75, 3.05) is 25.1 Å². The summed E-state index contributed by atoms with van der Waals surface area (Å²) >= 11 is 1.64. The van der Waals surface area contributed by atoms with Crippen molar-refractivity contribution in [2.45, 2.75) is 39.0 Å². The van der Waals surface area contributed by atoms with Crippen LogP contribution >= 0.6 is 11.8 Å². The van der Waals surface area contributed by atoms with E-state index >= 15 is 0 Å². The van der Waals surface area contributed by atoms with E-state index in [0.717, 1.165) is 53.3 Å². The second-order valence-electron chi connectivity index (χ2n) is 7.62. The third kappa shape index (κ3) is 3.77. The molecule has 0 bridgehead atoms. The van der Waals surface area contributed by atoms with Crippen molar-refractivity contribution in [1.29, 1.82) is 0 Å². The molecule has 0 spiro atoms. The van der Waals surface area contributed by atoms with Crippen LogP contribution in [0, 0.1) is 6.92 Å². The first-order chi connectivity index (χ1) is 14.5. The molecule has 2 heterocycles. The first-order valence-electron chi connectivity index (χ1n) is 10.4. The first kappa shape index (κ1) is 20.7. The molecule has 0 radical (unpaired) electrons. The van der Waals surface area contributed by atoms with E-state index in [1.807, 2.05) is 18.2 Å². The van der Waals surface area contributed by atoms with Crippen LogP contribution in [0.15, 0.2) is 47.6 Å². The maximum absolute atomic E-state index is 6.27. The van der Waals surface area contributed by atoms with Crippen molar-refractivity contribution >= 4 is 39.5 Å². The molecule has 0 aliphatic heterocycles. The predicted molar refractivity (Wildman–Crippen MR) is 128 cm³/mol. The Labute approximate surface area is 182 Å². The van der Waals surface area contributed by atoms with E-state index in [4.69, 9.17) is 10.7 Å². The van der Waals surface area contributed by atoms with Gasteiger partial charge in [0.1, 0.15) is 5.52 Å². The smallest absolute Gasteiger partial charge is 0.169 e. The maximum atomic E-state index is 6.27. The van der Waals surface area contributed by atoms with Gasteiger partial charge in [-0.1, -0.05) is 62.0 Å². The number of para-hydroxylation sites is 1. The van der Waals surface area contributed by atoms with Gasteiger partial charge in [-0.05, 0) is 49.0 Å². The summed E-state index contributed by atoms with van der Waals surface area (Å²) in [5.41, 5.74) is 13.0. The van der Waals surface area contributed by atoms with Gasteiger partial charge in [-0.15, -0.1) is 0 Å². The molecule has 0 aliphatic rings. The van der Waals surface area contributed by atoms with Gasteiger partial charge in [0.25, 0.3) is 0 Å². The van der Waals surface area contributed by atoms with Gasteiger partial charge < -0.3 is 10.3 Å². The average Bonchev–Trinajstić information content (AvgIpc) is 3.12. The quantitative estimate of drug-likeness (QED) is 0.423. The lowest BCUT2D eigenvalue weighted by Gasteiger charge is -2.20. The summed E-state index contributed by atoms with van der Waals surface area (Å²) in [6.45, 7) is 10.5. The van der Waals surface area contributed by atoms with Crippen molar-refractivity contribution in [1.82, 2.24) is 19.4 Å². The van der Waals surface area contributed by atoms with Gasteiger partial charge in [-0.2, -0.15) is 0 Å². The third-order valence-electron chi connectivity index (χ3n) is 5.79. The van der Waals surface area contributed by atoms with Gasteiger partial charge >= 0.3 is 0 Å². The highest BCUT2D eigenvalue weighted by molar-refractivity contribution is 7.98. The Hall–Kier alpha value is -2.57. The van der Waals surface area contributed by atoms with Gasteiger partial charge in [-0.25, -0.2) is 9.97 Å². The van der Waals surface area contributed by atoms with Crippen molar-refractivity contribution in [2.24, 2.45) is 0 Å². The zero-order chi connectivity index (χ0) is 21.3. The van der Waals surface area contributed by atoms with E-state index in [0.29, 0.717) is 5.82 Å². The molecule has 2 N–H and O–H groups in total. The number of anilines is 1. The number of aryl methyl sites for hydroxylation is 1. The van der Waals surface area contributed by atoms with Crippen LogP contribution in [0.1, 0.15) is 30.5 Å². The molecule has 2 aromatic heterocycles. The summed E-state index contributed by atoms with van der Waals surface area (Å²) in [6.07, 6.45) is 2.06. The lowest BCUT2D eigenvalue weighted by Crippen LogP contribution is -2.22. The molecule has 0 atom stereocenters. The van der Waals surface area contributed by atoms with Crippen LogP contribution in [0.5, 0.6) is 0 Å². The van der Waals surface area contributed by atoms with Gasteiger partial charge in [0.05, 0.1) is 17.6 Å². The molecule has 0 amide bonds. The van der Waals surface area contributed by atoms with E-state index < -0.39 is 0 Å². The summed E-state index contributed by atoms with van der Waals surface area (Å²) in [4.78, 5) is 11.8. The van der Waals surface area contributed by atoms with Crippen molar-refractivity contribution < 1.29 is 0 Å². The fourth-order valence-corrected chi connectivity index (χ4v) is 4.60. The number of thioether (sulfide) groups is 1. The Morgan fingerprint density at radius 1 is 1.07 bits per heavy atom. The highest BCUT2D eigenvalue weighted by Gasteiger charge is 2.17. The molecule has 156 valence electrons. The zero-order valence-electron chi connectivity index (χ0n) is 18.1. The highest BCUT2D eigenvalue weighted by atomic mass is 32.2. The van der Waals surface area contributed by atoms with Crippen LogP contribution in [0.2, 0.25) is 0 Å². The summed E-state index contributed by atoms with van der Waals surface area (Å²) in [6, 6.07) is 15.0. The second kappa shape index (κ2) is 8.66. The van der Waals surface area contributed by atoms with Crippen LogP contribution in [-0.4, -0.2) is 38.8 Å². The topological polar surface area (TPSA) is 60.0 Å². The Morgan fingerprint density at radius 2 is 1.83 bits per heavy atom. The zero-order valence-corrected chi connectivity index (χ0v) is 19.0. The van der Waals surface area contributed by atoms with E-state index in [1.54, 1.807) is 11.8 Å². The largest absolute Gasteiger partial charge is 0.382 e. The number of hydrogen-bond donors (Lipinski definition) is 1. The number of hydrogen-bond acceptors (Lipinski definition) is 5. The maximum Gasteiger partial charge on any atom is 0.169 e. The van der Waals surface area contributed by atoms with Gasteiger partial charge in [0.15, 0.2) is 11.0 Å². The molecule has 0 fully saturated rings. The van der Waals surface area contributed by atoms with Gasteiger partial charge in [0.2, 0.25) is 0 Å². The van der Waals surface area contributed by atoms with Gasteiger partial charge in [0, 0.05) is 11.9 Å². The number of nitrogens with zero attached hydrogens (tertiary/aromatic N) is 4. The molecule has 0 unspecified atom stereocenters. The summed E-state index contributed by atoms with van der Waals surface area (Å²) in [5, 5.41) is 2.05. The third-order valence-corrected chi connectivity index (χ3v) is 6.47. The number of nitrogen functional groups attached to an aromatic ring is 1. The van der Waals surface area contributed by atoms with Crippen LogP contribution in [0.3, 0.4) is 0 Å². The minimum Gasteiger partial charge on any atom is -0.382 e. The molecular formula is C24H29N5S. The van der Waals surface area contributed by atoms with Crippen molar-refractivity contribution in [3.05, 3.63) is 59.2 Å². The monoisotopic (exact) mass is 419 g/mol. The summed E-state index contributed by atoms with van der Waals surface area (Å²) < 4.78 is 2.28. The second-order valence-corrected chi connectivity index (χ2v) is 8.39. The Bertz CT molecular complexity index is 1190. The van der Waals surface area contributed by atoms with E-state index in [1.165, 1.54) is 16.7 Å². The molecule has 4 rings (SSSR count). The Balaban J connectivity index is 1.78. The molecule has 4 aromatic rings. The molecule has 0 saturated carbocycles. The molecular weight excluding hydrogens is 390 g/mol. The number of pyridine rings is 1. The van der Waals surface area contributed by atoms with Crippen LogP contribution in [-0.2, 0) is 13.1 Å². The number of aromatic nitrogens is 3. The van der Waals surface area contributed by atoms with E-state index in [-0.39, 0.29) is 0 Å². The number of imidazole rings is 1. The van der Waals surface area contributed by atoms with E-state index in [2.05, 4.69) is 65.7 Å². The van der Waals surface area contributed by atoms with Gasteiger partial charge in [-0.3, -0.25) is 4.90 Å². The summed E-state index contributed by atoms with van der Waals surface area (Å²) in [5.74, 6) is 0.489. The van der Waals surface area contributed by atoms with Crippen LogP contribution in [0.25, 0.3) is 21.9 Å². The number of nitrogens with two attached hydrogens (primary N) is 1. The molecule has 2 aromatic carbocycles. The van der Waals surface area contributed by atoms with Crippen molar-refractivity contribution in [3.63, 3.8) is 0 Å². The lowest BCUT2D eigenvalue weighted by molar-refractivity contribution is 0.295. The fourth-order valence-electron chi connectivity index (χ4n) is 4.05. The standard InChI is InChI=1S/C24H29N5S/c1-5-28(6-2)15-18-12-11-17(13-16(18)3)14-29-22-19-9-7-8-10-20(19)26-23(25)21(22)27-24(29)30-4/h7-13H,5-6,14-15H2,1-4H3,(H2,25,26). The molecule has 0 aliphatic carbocycles. The minimum atomic E-state index is 0.489. The van der Waals surface area contributed by atoms with Crippen molar-refractivity contribution in [3.8, 4) is 0 Å². The fraction of sp³-hybridized carbons (Fsp3) is 0.333. The molecule has 0 saturated heterocycles. The number of fused-ring (bicyclic) bond motifs is 3. The summed E-state index contributed by atoms with van der Waals surface area (Å²) in [7, 11) is 0. The highest BCUT2D eigenvalue weighted by Crippen LogP contribution is 2.32. The molecule has 30 heavy (non-hydrogen) atoms. The predicted octanol–water partition coefficient (Wildman–Crippen LogP) is 5.09. The normalized spacial score (nSPS) is 11.8. The van der Waals surface area contributed by atoms with Crippen LogP contribution in [0.4, 0.5) is 5.82 Å². The number of benzene rings is 2. The minimum absolute atomic E-state index is 0.489. The first-order valence-corrected chi connectivity index (χ1v) is 11.7. The Kier molecular flexibility index (Phi) is 5.97. The molecule has 5 nitrogen and oxygen atoms in total. The number of rotatable bonds is 7. The lowest BCUT2D eigenvalue weighted by atomic mass is 10.0.